The van der Waals surface area contributed by atoms with Gasteiger partial charge in [-0.1, -0.05) is 13.8 Å². The van der Waals surface area contributed by atoms with Crippen LogP contribution in [-0.2, 0) is 0 Å². The van der Waals surface area contributed by atoms with E-state index in [9.17, 15) is 0 Å². The Morgan fingerprint density at radius 3 is 2.20 bits per heavy atom. The van der Waals surface area contributed by atoms with E-state index in [4.69, 9.17) is 0 Å². The van der Waals surface area contributed by atoms with Crippen LogP contribution in [0.5, 0.6) is 0 Å². The molecule has 2 nitrogen and oxygen atoms in total. The third-order valence-corrected chi connectivity index (χ3v) is 2.69. The summed E-state index contributed by atoms with van der Waals surface area (Å²) in [6, 6.07) is 0. The van der Waals surface area contributed by atoms with Gasteiger partial charge in [-0.3, -0.25) is 0 Å². The molecule has 0 aliphatic carbocycles. The number of nitrogens with one attached hydrogen (secondary N) is 2. The van der Waals surface area contributed by atoms with Gasteiger partial charge in [0.15, 0.2) is 0 Å². The third-order valence-electron chi connectivity index (χ3n) is 1.30. The fourth-order valence-electron chi connectivity index (χ4n) is 0.898. The Hall–Kier alpha value is -0.123. The maximum absolute atomic E-state index is 3.75. The van der Waals surface area contributed by atoms with Gasteiger partial charge in [-0.2, -0.15) is 0 Å². The lowest BCUT2D eigenvalue weighted by Crippen LogP contribution is -2.46. The average Bonchev–Trinajstić information content (AvgIpc) is 1.90. The van der Waals surface area contributed by atoms with E-state index in [1.165, 1.54) is 0 Å². The van der Waals surface area contributed by atoms with Gasteiger partial charge in [0, 0.05) is 5.79 Å². The number of hydrogen-bond acceptors (Lipinski definition) is 2. The highest BCUT2D eigenvalue weighted by molar-refractivity contribution is 6.43. The summed E-state index contributed by atoms with van der Waals surface area (Å²) in [7, 11) is -0.145. The van der Waals surface area contributed by atoms with Crippen molar-refractivity contribution in [3.05, 3.63) is 12.3 Å². The first-order valence-electron chi connectivity index (χ1n) is 3.92. The monoisotopic (exact) mass is 158 g/mol. The molecule has 0 aromatic heterocycles. The van der Waals surface area contributed by atoms with Crippen molar-refractivity contribution >= 4 is 9.52 Å². The van der Waals surface area contributed by atoms with E-state index in [2.05, 4.69) is 36.8 Å². The molecule has 2 N–H and O–H groups in total. The molecule has 0 aromatic carbocycles. The Kier molecular flexibility index (Phi) is 6.90. The summed E-state index contributed by atoms with van der Waals surface area (Å²) in [4.78, 5) is 0. The molecule has 0 atom stereocenters. The van der Waals surface area contributed by atoms with E-state index in [-0.39, 0.29) is 9.52 Å². The van der Waals surface area contributed by atoms with E-state index < -0.39 is 0 Å². The maximum Gasteiger partial charge on any atom is 0.0817 e. The van der Waals surface area contributed by atoms with E-state index in [0.717, 1.165) is 13.1 Å². The first kappa shape index (κ1) is 9.88. The third kappa shape index (κ3) is 4.73. The molecule has 0 rings (SSSR count). The van der Waals surface area contributed by atoms with Crippen LogP contribution >= 0.6 is 0 Å². The minimum absolute atomic E-state index is 0.145. The van der Waals surface area contributed by atoms with E-state index in [1.807, 2.05) is 0 Å². The van der Waals surface area contributed by atoms with Gasteiger partial charge in [0.2, 0.25) is 0 Å². The minimum Gasteiger partial charge on any atom is -0.305 e. The molecule has 0 unspecified atom stereocenters. The fraction of sp³-hybridized carbons (Fsp3) is 0.714. The van der Waals surface area contributed by atoms with Crippen LogP contribution in [0, 0.1) is 0 Å². The highest BCUT2D eigenvalue weighted by Crippen LogP contribution is 1.74. The zero-order chi connectivity index (χ0) is 7.82. The lowest BCUT2D eigenvalue weighted by atomic mass is 10.7. The molecule has 0 aliphatic heterocycles. The molecule has 60 valence electrons. The van der Waals surface area contributed by atoms with Crippen molar-refractivity contribution in [1.82, 2.24) is 10.6 Å². The molecule has 10 heavy (non-hydrogen) atoms. The van der Waals surface area contributed by atoms with Crippen LogP contribution in [0.15, 0.2) is 12.3 Å². The van der Waals surface area contributed by atoms with Gasteiger partial charge >= 0.3 is 0 Å². The largest absolute Gasteiger partial charge is 0.305 e. The molecule has 0 bridgehead atoms. The highest BCUT2D eigenvalue weighted by Gasteiger charge is 2.00. The smallest absolute Gasteiger partial charge is 0.0817 e. The molecular formula is C7H18N2Si. The van der Waals surface area contributed by atoms with Gasteiger partial charge in [0.1, 0.15) is 0 Å². The molecule has 0 aliphatic rings. The highest BCUT2D eigenvalue weighted by atomic mass is 28.2. The Labute approximate surface area is 65.9 Å². The van der Waals surface area contributed by atoms with Crippen LogP contribution in [0.2, 0.25) is 0 Å². The predicted octanol–water partition coefficient (Wildman–Crippen LogP) is -0.199. The second-order valence-corrected chi connectivity index (χ2v) is 4.06. The zero-order valence-electron chi connectivity index (χ0n) is 6.98. The lowest BCUT2D eigenvalue weighted by Gasteiger charge is -2.15. The van der Waals surface area contributed by atoms with Gasteiger partial charge < -0.3 is 10.6 Å². The van der Waals surface area contributed by atoms with Gasteiger partial charge in [-0.25, -0.2) is 0 Å². The maximum atomic E-state index is 3.75. The molecule has 0 radical (unpaired) electrons. The predicted molar refractivity (Wildman–Crippen MR) is 49.9 cm³/mol. The second kappa shape index (κ2) is 6.99. The minimum atomic E-state index is -0.145. The van der Waals surface area contributed by atoms with Crippen molar-refractivity contribution in [2.45, 2.75) is 19.6 Å². The summed E-state index contributed by atoms with van der Waals surface area (Å²) < 4.78 is 0. The van der Waals surface area contributed by atoms with Crippen molar-refractivity contribution in [3.8, 4) is 0 Å². The Morgan fingerprint density at radius 1 is 1.40 bits per heavy atom. The summed E-state index contributed by atoms with van der Waals surface area (Å²) in [5.74, 6) is 0.549. The number of hydrogen-bond donors (Lipinski definition) is 2. The van der Waals surface area contributed by atoms with Gasteiger partial charge in [-0.05, 0) is 13.1 Å². The van der Waals surface area contributed by atoms with Crippen LogP contribution in [0.25, 0.3) is 0 Å². The normalized spacial score (nSPS) is 11.5. The summed E-state index contributed by atoms with van der Waals surface area (Å²) in [5, 5.41) is 6.73. The molecule has 0 fully saturated rings. The van der Waals surface area contributed by atoms with Gasteiger partial charge in [-0.15, -0.1) is 12.3 Å². The van der Waals surface area contributed by atoms with Crippen molar-refractivity contribution in [2.24, 2.45) is 0 Å². The summed E-state index contributed by atoms with van der Waals surface area (Å²) in [5.41, 5.74) is 2.07. The van der Waals surface area contributed by atoms with Crippen molar-refractivity contribution in [2.75, 3.05) is 13.1 Å². The second-order valence-electron chi connectivity index (χ2n) is 2.19. The zero-order valence-corrected chi connectivity index (χ0v) is 8.40. The van der Waals surface area contributed by atoms with Crippen LogP contribution in [0.4, 0.5) is 0 Å². The van der Waals surface area contributed by atoms with E-state index >= 15 is 0 Å². The van der Waals surface area contributed by atoms with E-state index in [1.54, 1.807) is 0 Å². The SMILES string of the molecule is C=C[SiH2]C(NCC)NCC. The van der Waals surface area contributed by atoms with Gasteiger partial charge in [0.05, 0.1) is 9.52 Å². The first-order chi connectivity index (χ1) is 4.85. The summed E-state index contributed by atoms with van der Waals surface area (Å²) >= 11 is 0. The lowest BCUT2D eigenvalue weighted by molar-refractivity contribution is 0.560. The van der Waals surface area contributed by atoms with Crippen molar-refractivity contribution < 1.29 is 0 Å². The summed E-state index contributed by atoms with van der Waals surface area (Å²) in [6.07, 6.45) is 0. The quantitative estimate of drug-likeness (QED) is 0.413. The summed E-state index contributed by atoms with van der Waals surface area (Å²) in [6.45, 7) is 10.1. The molecule has 0 saturated carbocycles. The fourth-order valence-corrected chi connectivity index (χ4v) is 2.14. The molecule has 0 amide bonds. The molecule has 0 heterocycles. The molecule has 0 saturated heterocycles. The van der Waals surface area contributed by atoms with E-state index in [0.29, 0.717) is 5.79 Å². The van der Waals surface area contributed by atoms with Crippen LogP contribution in [-0.4, -0.2) is 28.4 Å². The molecular weight excluding hydrogens is 140 g/mol. The average molecular weight is 158 g/mol. The molecule has 0 aromatic rings. The van der Waals surface area contributed by atoms with Gasteiger partial charge in [0.25, 0.3) is 0 Å². The van der Waals surface area contributed by atoms with Crippen LogP contribution < -0.4 is 10.6 Å². The first-order valence-corrected chi connectivity index (χ1v) is 5.56. The van der Waals surface area contributed by atoms with Crippen LogP contribution in [0.3, 0.4) is 0 Å². The standard InChI is InChI=1S/C7H18N2Si/c1-4-8-7(9-5-2)10-6-3/h6-9H,3-5,10H2,1-2H3. The Morgan fingerprint density at radius 2 is 1.90 bits per heavy atom. The Bertz CT molecular complexity index is 79.7. The molecule has 3 heteroatoms. The number of rotatable bonds is 6. The molecule has 0 spiro atoms. The Balaban J connectivity index is 3.38. The van der Waals surface area contributed by atoms with Crippen molar-refractivity contribution in [1.29, 1.82) is 0 Å². The van der Waals surface area contributed by atoms with Crippen LogP contribution in [0.1, 0.15) is 13.8 Å². The van der Waals surface area contributed by atoms with Crippen molar-refractivity contribution in [3.63, 3.8) is 0 Å². The topological polar surface area (TPSA) is 24.1 Å².